The first-order valence-corrected chi connectivity index (χ1v) is 10.0. The molecule has 0 bridgehead atoms. The standard InChI is InChI=1S/C19H32N4OS.HI/c1-5-20-18(23-11-13-25-19(2,3)15-23)22-14-16-6-8-17(9-7-16)21-10-12-24-4;/h6-9,21H,5,10-15H2,1-4H3,(H,20,22);1H. The van der Waals surface area contributed by atoms with Gasteiger partial charge in [0.2, 0.25) is 0 Å². The Labute approximate surface area is 179 Å². The summed E-state index contributed by atoms with van der Waals surface area (Å²) in [6, 6.07) is 8.48. The highest BCUT2D eigenvalue weighted by atomic mass is 127. The van der Waals surface area contributed by atoms with Gasteiger partial charge < -0.3 is 20.3 Å². The van der Waals surface area contributed by atoms with Crippen LogP contribution in [0.1, 0.15) is 26.3 Å². The molecule has 0 radical (unpaired) electrons. The average Bonchev–Trinajstić information content (AvgIpc) is 2.59. The lowest BCUT2D eigenvalue weighted by atomic mass is 10.2. The second-order valence-corrected chi connectivity index (χ2v) is 8.62. The molecule has 26 heavy (non-hydrogen) atoms. The minimum Gasteiger partial charge on any atom is -0.383 e. The van der Waals surface area contributed by atoms with Crippen LogP contribution in [0.15, 0.2) is 29.3 Å². The molecule has 148 valence electrons. The van der Waals surface area contributed by atoms with Crippen LogP contribution in [-0.2, 0) is 11.3 Å². The highest BCUT2D eigenvalue weighted by Gasteiger charge is 2.28. The molecular weight excluding hydrogens is 459 g/mol. The van der Waals surface area contributed by atoms with Gasteiger partial charge in [-0.3, -0.25) is 0 Å². The number of anilines is 1. The van der Waals surface area contributed by atoms with E-state index in [-0.39, 0.29) is 28.7 Å². The third kappa shape index (κ3) is 7.92. The average molecular weight is 492 g/mol. The van der Waals surface area contributed by atoms with Crippen molar-refractivity contribution in [3.8, 4) is 0 Å². The zero-order valence-electron chi connectivity index (χ0n) is 16.4. The van der Waals surface area contributed by atoms with E-state index in [4.69, 9.17) is 9.73 Å². The first kappa shape index (κ1) is 23.4. The highest BCUT2D eigenvalue weighted by molar-refractivity contribution is 14.0. The van der Waals surface area contributed by atoms with Crippen LogP contribution in [0, 0.1) is 0 Å². The van der Waals surface area contributed by atoms with Gasteiger partial charge in [-0.05, 0) is 38.5 Å². The molecule has 1 fully saturated rings. The zero-order valence-corrected chi connectivity index (χ0v) is 19.5. The quantitative estimate of drug-likeness (QED) is 0.264. The van der Waals surface area contributed by atoms with E-state index in [0.29, 0.717) is 13.2 Å². The van der Waals surface area contributed by atoms with Crippen molar-refractivity contribution in [2.75, 3.05) is 51.0 Å². The van der Waals surface area contributed by atoms with Gasteiger partial charge in [-0.25, -0.2) is 4.99 Å². The maximum absolute atomic E-state index is 5.05. The monoisotopic (exact) mass is 492 g/mol. The third-order valence-corrected chi connectivity index (χ3v) is 5.36. The fourth-order valence-corrected chi connectivity index (χ4v) is 3.93. The molecule has 5 nitrogen and oxygen atoms in total. The topological polar surface area (TPSA) is 48.9 Å². The van der Waals surface area contributed by atoms with Gasteiger partial charge in [0.05, 0.1) is 13.2 Å². The molecule has 0 atom stereocenters. The molecule has 0 amide bonds. The van der Waals surface area contributed by atoms with Crippen LogP contribution in [0.25, 0.3) is 0 Å². The van der Waals surface area contributed by atoms with Gasteiger partial charge in [0.25, 0.3) is 0 Å². The largest absolute Gasteiger partial charge is 0.383 e. The molecule has 0 aliphatic carbocycles. The van der Waals surface area contributed by atoms with Crippen LogP contribution in [0.3, 0.4) is 0 Å². The smallest absolute Gasteiger partial charge is 0.194 e. The summed E-state index contributed by atoms with van der Waals surface area (Å²) in [5.74, 6) is 2.18. The Kier molecular flexibility index (Phi) is 10.7. The maximum atomic E-state index is 5.05. The number of hydrogen-bond donors (Lipinski definition) is 2. The third-order valence-electron chi connectivity index (χ3n) is 4.06. The molecule has 0 spiro atoms. The van der Waals surface area contributed by atoms with Crippen LogP contribution in [0.5, 0.6) is 0 Å². The molecule has 1 heterocycles. The normalized spacial score (nSPS) is 16.8. The molecule has 1 aliphatic rings. The number of hydrogen-bond acceptors (Lipinski definition) is 4. The van der Waals surface area contributed by atoms with E-state index >= 15 is 0 Å². The van der Waals surface area contributed by atoms with Crippen molar-refractivity contribution >= 4 is 47.4 Å². The summed E-state index contributed by atoms with van der Waals surface area (Å²) in [5.41, 5.74) is 2.34. The zero-order chi connectivity index (χ0) is 18.1. The SMILES string of the molecule is CCNC(=NCc1ccc(NCCOC)cc1)N1CCSC(C)(C)C1.I. The van der Waals surface area contributed by atoms with E-state index in [2.05, 4.69) is 60.6 Å². The van der Waals surface area contributed by atoms with Gasteiger partial charge in [0.15, 0.2) is 5.96 Å². The minimum absolute atomic E-state index is 0. The Morgan fingerprint density at radius 1 is 1.31 bits per heavy atom. The van der Waals surface area contributed by atoms with Crippen molar-refractivity contribution in [2.24, 2.45) is 4.99 Å². The Hall–Kier alpha value is -0.670. The molecule has 2 N–H and O–H groups in total. The Balaban J connectivity index is 0.00000338. The lowest BCUT2D eigenvalue weighted by Gasteiger charge is -2.39. The van der Waals surface area contributed by atoms with Crippen molar-refractivity contribution in [3.05, 3.63) is 29.8 Å². The van der Waals surface area contributed by atoms with E-state index in [9.17, 15) is 0 Å². The number of nitrogens with zero attached hydrogens (tertiary/aromatic N) is 2. The van der Waals surface area contributed by atoms with E-state index in [1.54, 1.807) is 7.11 Å². The van der Waals surface area contributed by atoms with Crippen molar-refractivity contribution < 1.29 is 4.74 Å². The number of rotatable bonds is 7. The van der Waals surface area contributed by atoms with Crippen molar-refractivity contribution in [1.82, 2.24) is 10.2 Å². The summed E-state index contributed by atoms with van der Waals surface area (Å²) < 4.78 is 5.34. The summed E-state index contributed by atoms with van der Waals surface area (Å²) in [6.45, 7) is 12.0. The van der Waals surface area contributed by atoms with Crippen LogP contribution in [0.2, 0.25) is 0 Å². The highest BCUT2D eigenvalue weighted by Crippen LogP contribution is 2.29. The van der Waals surface area contributed by atoms with Gasteiger partial charge in [-0.1, -0.05) is 12.1 Å². The fraction of sp³-hybridized carbons (Fsp3) is 0.632. The number of aliphatic imine (C=N–C) groups is 1. The number of guanidine groups is 1. The lowest BCUT2D eigenvalue weighted by molar-refractivity contribution is 0.211. The summed E-state index contributed by atoms with van der Waals surface area (Å²) >= 11 is 2.04. The van der Waals surface area contributed by atoms with E-state index in [1.807, 2.05) is 11.8 Å². The van der Waals surface area contributed by atoms with Crippen LogP contribution in [-0.4, -0.2) is 61.3 Å². The number of benzene rings is 1. The van der Waals surface area contributed by atoms with E-state index < -0.39 is 0 Å². The Bertz CT molecular complexity index is 551. The number of halogens is 1. The van der Waals surface area contributed by atoms with Gasteiger partial charge >= 0.3 is 0 Å². The number of ether oxygens (including phenoxy) is 1. The molecular formula is C19H33IN4OS. The maximum Gasteiger partial charge on any atom is 0.194 e. The van der Waals surface area contributed by atoms with Gasteiger partial charge in [0.1, 0.15) is 0 Å². The first-order valence-electron chi connectivity index (χ1n) is 9.03. The molecule has 2 rings (SSSR count). The number of thioether (sulfide) groups is 1. The number of nitrogens with one attached hydrogen (secondary N) is 2. The van der Waals surface area contributed by atoms with Crippen molar-refractivity contribution in [1.29, 1.82) is 0 Å². The first-order chi connectivity index (χ1) is 12.0. The Morgan fingerprint density at radius 2 is 2.04 bits per heavy atom. The van der Waals surface area contributed by atoms with Crippen molar-refractivity contribution in [3.63, 3.8) is 0 Å². The van der Waals surface area contributed by atoms with Crippen LogP contribution >= 0.6 is 35.7 Å². The second-order valence-electron chi connectivity index (χ2n) is 6.82. The molecule has 7 heteroatoms. The van der Waals surface area contributed by atoms with Gasteiger partial charge in [-0.15, -0.1) is 24.0 Å². The van der Waals surface area contributed by atoms with Gasteiger partial charge in [0, 0.05) is 49.5 Å². The predicted octanol–water partition coefficient (Wildman–Crippen LogP) is 3.66. The number of methoxy groups -OCH3 is 1. The molecule has 1 aliphatic heterocycles. The summed E-state index contributed by atoms with van der Waals surface area (Å²) in [6.07, 6.45) is 0. The van der Waals surface area contributed by atoms with E-state index in [1.165, 1.54) is 5.56 Å². The lowest BCUT2D eigenvalue weighted by Crippen LogP contribution is -2.50. The molecule has 0 aromatic heterocycles. The summed E-state index contributed by atoms with van der Waals surface area (Å²) in [4.78, 5) is 7.25. The van der Waals surface area contributed by atoms with E-state index in [0.717, 1.165) is 43.6 Å². The second kappa shape index (κ2) is 11.9. The van der Waals surface area contributed by atoms with Crippen molar-refractivity contribution in [2.45, 2.75) is 32.1 Å². The van der Waals surface area contributed by atoms with Gasteiger partial charge in [-0.2, -0.15) is 11.8 Å². The molecule has 1 aromatic rings. The Morgan fingerprint density at radius 3 is 2.65 bits per heavy atom. The van der Waals surface area contributed by atoms with Crippen LogP contribution < -0.4 is 10.6 Å². The molecule has 1 saturated heterocycles. The fourth-order valence-electron chi connectivity index (χ4n) is 2.81. The summed E-state index contributed by atoms with van der Waals surface area (Å²) in [5, 5.41) is 6.78. The molecule has 0 saturated carbocycles. The van der Waals surface area contributed by atoms with Crippen LogP contribution in [0.4, 0.5) is 5.69 Å². The molecule has 0 unspecified atom stereocenters. The molecule has 1 aromatic carbocycles. The predicted molar refractivity (Wildman–Crippen MR) is 125 cm³/mol. The summed E-state index contributed by atoms with van der Waals surface area (Å²) in [7, 11) is 1.72. The minimum atomic E-state index is 0.